The molecule has 0 bridgehead atoms. The molecule has 3 aromatic heterocycles. The molecule has 0 amide bonds. The first-order valence-electron chi connectivity index (χ1n) is 10.5. The summed E-state index contributed by atoms with van der Waals surface area (Å²) in [4.78, 5) is 26.6. The molecule has 0 aliphatic heterocycles. The maximum atomic E-state index is 13.7. The first-order chi connectivity index (χ1) is 16.4. The summed E-state index contributed by atoms with van der Waals surface area (Å²) in [6, 6.07) is 8.47. The molecule has 1 aliphatic rings. The predicted octanol–water partition coefficient (Wildman–Crippen LogP) is 1.68. The van der Waals surface area contributed by atoms with E-state index < -0.39 is 6.04 Å². The van der Waals surface area contributed by atoms with Crippen molar-refractivity contribution in [3.8, 4) is 18.0 Å². The number of aromatic amines is 1. The molecule has 3 heterocycles. The van der Waals surface area contributed by atoms with Gasteiger partial charge < -0.3 is 16.8 Å². The summed E-state index contributed by atoms with van der Waals surface area (Å²) in [5.41, 5.74) is 12.7. The van der Waals surface area contributed by atoms with E-state index in [1.807, 2.05) is 13.0 Å². The summed E-state index contributed by atoms with van der Waals surface area (Å²) in [6.07, 6.45) is 3.34. The number of nitriles is 2. The molecule has 0 spiro atoms. The molecule has 4 aromatic rings. The van der Waals surface area contributed by atoms with Crippen LogP contribution in [-0.4, -0.2) is 29.7 Å². The van der Waals surface area contributed by atoms with Gasteiger partial charge in [-0.2, -0.15) is 25.6 Å². The second-order valence-electron chi connectivity index (χ2n) is 8.09. The predicted molar refractivity (Wildman–Crippen MR) is 124 cm³/mol. The van der Waals surface area contributed by atoms with Crippen molar-refractivity contribution in [3.63, 3.8) is 0 Å². The van der Waals surface area contributed by atoms with Crippen LogP contribution in [0.4, 0.5) is 17.6 Å². The van der Waals surface area contributed by atoms with E-state index in [4.69, 9.17) is 16.5 Å². The number of rotatable bonds is 5. The first kappa shape index (κ1) is 20.9. The fourth-order valence-electron chi connectivity index (χ4n) is 3.99. The molecule has 0 unspecified atom stereocenters. The van der Waals surface area contributed by atoms with Gasteiger partial charge in [0.25, 0.3) is 5.56 Å². The molecule has 12 nitrogen and oxygen atoms in total. The molecule has 0 radical (unpaired) electrons. The standard InChI is InChI=1S/C22H19N11O/c1-10-9-27-32-19(10)33-20(29-15-12(7-23)3-2-4-13(15)21(33)34)16(11-5-6-11)28-18-14(8-24)17(25)30-22(26)31-18/h2-4,9,11,16H,5-6H2,1H3,(H,27,32)(H5,25,26,28,30,31)/t16-/m0/s1. The van der Waals surface area contributed by atoms with E-state index in [-0.39, 0.29) is 40.2 Å². The zero-order valence-electron chi connectivity index (χ0n) is 18.1. The monoisotopic (exact) mass is 453 g/mol. The van der Waals surface area contributed by atoms with Crippen molar-refractivity contribution < 1.29 is 0 Å². The Morgan fingerprint density at radius 2 is 2.00 bits per heavy atom. The minimum absolute atomic E-state index is 0.0463. The van der Waals surface area contributed by atoms with Gasteiger partial charge in [0, 0.05) is 5.56 Å². The highest BCUT2D eigenvalue weighted by Crippen LogP contribution is 2.43. The third-order valence-electron chi connectivity index (χ3n) is 5.80. The van der Waals surface area contributed by atoms with Crippen molar-refractivity contribution >= 4 is 28.5 Å². The van der Waals surface area contributed by atoms with Crippen LogP contribution >= 0.6 is 0 Å². The molecular weight excluding hydrogens is 434 g/mol. The van der Waals surface area contributed by atoms with Crippen LogP contribution in [0.25, 0.3) is 16.7 Å². The normalized spacial score (nSPS) is 13.9. The fourth-order valence-corrected chi connectivity index (χ4v) is 3.99. The average Bonchev–Trinajstić information content (AvgIpc) is 3.57. The number of nitrogens with zero attached hydrogens (tertiary/aromatic N) is 7. The third-order valence-corrected chi connectivity index (χ3v) is 5.80. The number of benzene rings is 1. The Balaban J connectivity index is 1.79. The summed E-state index contributed by atoms with van der Waals surface area (Å²) in [7, 11) is 0. The molecule has 0 saturated heterocycles. The summed E-state index contributed by atoms with van der Waals surface area (Å²) in [6.45, 7) is 1.82. The van der Waals surface area contributed by atoms with Crippen molar-refractivity contribution in [1.29, 1.82) is 10.5 Å². The zero-order chi connectivity index (χ0) is 24.0. The lowest BCUT2D eigenvalue weighted by molar-refractivity contribution is 0.604. The molecule has 12 heteroatoms. The molecule has 6 N–H and O–H groups in total. The van der Waals surface area contributed by atoms with Gasteiger partial charge in [-0.1, -0.05) is 6.07 Å². The van der Waals surface area contributed by atoms with E-state index in [0.29, 0.717) is 22.5 Å². The van der Waals surface area contributed by atoms with Crippen molar-refractivity contribution in [2.24, 2.45) is 5.92 Å². The molecular formula is C22H19N11O. The number of fused-ring (bicyclic) bond motifs is 1. The van der Waals surface area contributed by atoms with E-state index >= 15 is 0 Å². The van der Waals surface area contributed by atoms with Crippen LogP contribution in [0.15, 0.2) is 29.2 Å². The van der Waals surface area contributed by atoms with Crippen molar-refractivity contribution in [2.75, 3.05) is 16.8 Å². The van der Waals surface area contributed by atoms with Crippen LogP contribution in [-0.2, 0) is 0 Å². The van der Waals surface area contributed by atoms with Crippen molar-refractivity contribution in [3.05, 3.63) is 57.3 Å². The SMILES string of the molecule is Cc1cn[nH]c1-n1c([C@@H](Nc2nc(N)nc(N)c2C#N)C2CC2)nc2c(C#N)cccc2c1=O. The fraction of sp³-hybridized carbons (Fsp3) is 0.227. The van der Waals surface area contributed by atoms with Crippen LogP contribution in [0.3, 0.4) is 0 Å². The average molecular weight is 453 g/mol. The number of nitrogen functional groups attached to an aromatic ring is 2. The highest BCUT2D eigenvalue weighted by Gasteiger charge is 2.37. The van der Waals surface area contributed by atoms with Gasteiger partial charge in [-0.15, -0.1) is 0 Å². The van der Waals surface area contributed by atoms with E-state index in [9.17, 15) is 15.3 Å². The number of aryl methyl sites for hydroxylation is 1. The lowest BCUT2D eigenvalue weighted by Gasteiger charge is -2.23. The number of para-hydroxylation sites is 1. The smallest absolute Gasteiger partial charge is 0.267 e. The summed E-state index contributed by atoms with van der Waals surface area (Å²) >= 11 is 0. The van der Waals surface area contributed by atoms with Crippen LogP contribution in [0.1, 0.15) is 41.4 Å². The number of nitrogens with two attached hydrogens (primary N) is 2. The van der Waals surface area contributed by atoms with Crippen molar-refractivity contribution in [1.82, 2.24) is 29.7 Å². The number of hydrogen-bond acceptors (Lipinski definition) is 10. The quantitative estimate of drug-likeness (QED) is 0.344. The second-order valence-corrected chi connectivity index (χ2v) is 8.09. The van der Waals surface area contributed by atoms with Crippen LogP contribution < -0.4 is 22.3 Å². The van der Waals surface area contributed by atoms with Gasteiger partial charge in [0.05, 0.1) is 28.7 Å². The van der Waals surface area contributed by atoms with Crippen LogP contribution in [0.2, 0.25) is 0 Å². The van der Waals surface area contributed by atoms with Gasteiger partial charge in [0.2, 0.25) is 5.95 Å². The lowest BCUT2D eigenvalue weighted by atomic mass is 10.1. The Bertz CT molecular complexity index is 1580. The second kappa shape index (κ2) is 7.86. The highest BCUT2D eigenvalue weighted by atomic mass is 16.1. The topological polar surface area (TPSA) is 201 Å². The van der Waals surface area contributed by atoms with E-state index in [1.54, 1.807) is 24.4 Å². The first-order valence-corrected chi connectivity index (χ1v) is 10.5. The van der Waals surface area contributed by atoms with Crippen molar-refractivity contribution in [2.45, 2.75) is 25.8 Å². The lowest BCUT2D eigenvalue weighted by Crippen LogP contribution is -2.30. The number of nitrogens with one attached hydrogen (secondary N) is 2. The zero-order valence-corrected chi connectivity index (χ0v) is 18.1. The molecule has 5 rings (SSSR count). The molecule has 1 aliphatic carbocycles. The Kier molecular flexibility index (Phi) is 4.84. The van der Waals surface area contributed by atoms with E-state index in [0.717, 1.165) is 18.4 Å². The largest absolute Gasteiger partial charge is 0.382 e. The van der Waals surface area contributed by atoms with Gasteiger partial charge >= 0.3 is 0 Å². The van der Waals surface area contributed by atoms with Gasteiger partial charge in [-0.25, -0.2) is 9.55 Å². The number of hydrogen-bond donors (Lipinski definition) is 4. The van der Waals surface area contributed by atoms with Crippen LogP contribution in [0.5, 0.6) is 0 Å². The summed E-state index contributed by atoms with van der Waals surface area (Å²) in [5.74, 6) is 0.930. The molecule has 1 fully saturated rings. The van der Waals surface area contributed by atoms with Crippen LogP contribution in [0, 0.1) is 35.5 Å². The maximum absolute atomic E-state index is 13.7. The Morgan fingerprint density at radius 1 is 1.21 bits per heavy atom. The molecule has 168 valence electrons. The molecule has 1 saturated carbocycles. The summed E-state index contributed by atoms with van der Waals surface area (Å²) < 4.78 is 1.46. The number of aromatic nitrogens is 6. The molecule has 1 aromatic carbocycles. The van der Waals surface area contributed by atoms with Gasteiger partial charge in [-0.3, -0.25) is 9.89 Å². The minimum atomic E-state index is -0.535. The van der Waals surface area contributed by atoms with Gasteiger partial charge in [-0.05, 0) is 37.8 Å². The third kappa shape index (κ3) is 3.34. The number of H-pyrrole nitrogens is 1. The summed E-state index contributed by atoms with van der Waals surface area (Å²) in [5, 5.41) is 29.7. The Morgan fingerprint density at radius 3 is 2.65 bits per heavy atom. The molecule has 1 atom stereocenters. The maximum Gasteiger partial charge on any atom is 0.267 e. The van der Waals surface area contributed by atoms with Gasteiger partial charge in [0.1, 0.15) is 35.2 Å². The highest BCUT2D eigenvalue weighted by molar-refractivity contribution is 5.83. The van der Waals surface area contributed by atoms with E-state index in [1.165, 1.54) is 4.57 Å². The Hall–Kier alpha value is -4.97. The van der Waals surface area contributed by atoms with E-state index in [2.05, 4.69) is 31.6 Å². The van der Waals surface area contributed by atoms with Gasteiger partial charge in [0.15, 0.2) is 5.82 Å². The number of anilines is 3. The molecule has 34 heavy (non-hydrogen) atoms. The minimum Gasteiger partial charge on any atom is -0.382 e. The Labute approximate surface area is 192 Å².